The Morgan fingerprint density at radius 3 is 2.48 bits per heavy atom. The van der Waals surface area contributed by atoms with Gasteiger partial charge in [-0.2, -0.15) is 0 Å². The predicted octanol–water partition coefficient (Wildman–Crippen LogP) is 2.44. The van der Waals surface area contributed by atoms with Crippen LogP contribution in [0.3, 0.4) is 0 Å². The van der Waals surface area contributed by atoms with E-state index in [1.54, 1.807) is 42.5 Å². The molecular formula is C16H12N2O3. The highest BCUT2D eigenvalue weighted by atomic mass is 16.4. The maximum absolute atomic E-state index is 11.9. The van der Waals surface area contributed by atoms with Crippen LogP contribution in [0.1, 0.15) is 21.0 Å². The molecule has 0 saturated heterocycles. The van der Waals surface area contributed by atoms with Gasteiger partial charge in [0.2, 0.25) is 0 Å². The van der Waals surface area contributed by atoms with Gasteiger partial charge in [-0.3, -0.25) is 9.59 Å². The highest BCUT2D eigenvalue weighted by Gasteiger charge is 2.15. The minimum Gasteiger partial charge on any atom is -0.432 e. The monoisotopic (exact) mass is 280 g/mol. The molecule has 0 bridgehead atoms. The predicted molar refractivity (Wildman–Crippen MR) is 77.1 cm³/mol. The molecule has 5 heteroatoms. The van der Waals surface area contributed by atoms with Crippen LogP contribution in [0.15, 0.2) is 59.0 Å². The number of oxazole rings is 1. The van der Waals surface area contributed by atoms with Crippen molar-refractivity contribution in [2.24, 2.45) is 0 Å². The third kappa shape index (κ3) is 2.81. The molecule has 21 heavy (non-hydrogen) atoms. The van der Waals surface area contributed by atoms with E-state index in [0.29, 0.717) is 16.7 Å². The number of benzene rings is 2. The van der Waals surface area contributed by atoms with Crippen LogP contribution in [0.4, 0.5) is 0 Å². The summed E-state index contributed by atoms with van der Waals surface area (Å²) >= 11 is 0. The van der Waals surface area contributed by atoms with Gasteiger partial charge < -0.3 is 9.73 Å². The van der Waals surface area contributed by atoms with Crippen LogP contribution in [-0.4, -0.2) is 23.2 Å². The number of para-hydroxylation sites is 2. The van der Waals surface area contributed by atoms with Gasteiger partial charge in [-0.1, -0.05) is 42.5 Å². The largest absolute Gasteiger partial charge is 0.432 e. The van der Waals surface area contributed by atoms with E-state index < -0.39 is 5.91 Å². The molecule has 1 N–H and O–H groups in total. The second-order valence-electron chi connectivity index (χ2n) is 4.46. The number of aromatic nitrogens is 1. The molecule has 1 heterocycles. The molecule has 1 amide bonds. The molecule has 5 nitrogen and oxygen atoms in total. The number of hydrogen-bond donors (Lipinski definition) is 1. The van der Waals surface area contributed by atoms with Crippen molar-refractivity contribution in [3.63, 3.8) is 0 Å². The molecule has 3 aromatic rings. The number of nitrogens with one attached hydrogen (secondary N) is 1. The number of amides is 1. The lowest BCUT2D eigenvalue weighted by molar-refractivity contribution is 0.0882. The third-order valence-electron chi connectivity index (χ3n) is 2.99. The van der Waals surface area contributed by atoms with Gasteiger partial charge in [-0.05, 0) is 12.1 Å². The lowest BCUT2D eigenvalue weighted by Crippen LogP contribution is -2.29. The Balaban J connectivity index is 1.68. The fourth-order valence-electron chi connectivity index (χ4n) is 1.93. The molecule has 104 valence electrons. The van der Waals surface area contributed by atoms with Crippen LogP contribution in [0, 0.1) is 0 Å². The van der Waals surface area contributed by atoms with Crippen LogP contribution >= 0.6 is 0 Å². The van der Waals surface area contributed by atoms with Gasteiger partial charge in [0.15, 0.2) is 11.4 Å². The Morgan fingerprint density at radius 1 is 1.00 bits per heavy atom. The lowest BCUT2D eigenvalue weighted by atomic mass is 10.1. The van der Waals surface area contributed by atoms with E-state index in [4.69, 9.17) is 4.42 Å². The summed E-state index contributed by atoms with van der Waals surface area (Å²) in [6.07, 6.45) is 0. The topological polar surface area (TPSA) is 72.2 Å². The molecule has 0 fully saturated rings. The number of hydrogen-bond acceptors (Lipinski definition) is 4. The Bertz CT molecular complexity index is 760. The van der Waals surface area contributed by atoms with Gasteiger partial charge in [0, 0.05) is 5.56 Å². The maximum atomic E-state index is 11.9. The van der Waals surface area contributed by atoms with Crippen LogP contribution in [-0.2, 0) is 0 Å². The van der Waals surface area contributed by atoms with Crippen molar-refractivity contribution in [3.05, 3.63) is 66.1 Å². The van der Waals surface area contributed by atoms with Crippen molar-refractivity contribution < 1.29 is 14.0 Å². The summed E-state index contributed by atoms with van der Waals surface area (Å²) in [6.45, 7) is -0.0957. The van der Waals surface area contributed by atoms with E-state index in [-0.39, 0.29) is 18.2 Å². The van der Waals surface area contributed by atoms with Gasteiger partial charge in [0.05, 0.1) is 6.54 Å². The van der Waals surface area contributed by atoms with Gasteiger partial charge in [-0.25, -0.2) is 4.98 Å². The highest BCUT2D eigenvalue weighted by molar-refractivity contribution is 6.01. The molecule has 0 aliphatic carbocycles. The summed E-state index contributed by atoms with van der Waals surface area (Å²) < 4.78 is 5.33. The van der Waals surface area contributed by atoms with Crippen molar-refractivity contribution >= 4 is 22.8 Å². The number of ketones is 1. The van der Waals surface area contributed by atoms with Crippen LogP contribution < -0.4 is 5.32 Å². The zero-order valence-corrected chi connectivity index (χ0v) is 11.1. The number of carbonyl (C=O) groups is 2. The Morgan fingerprint density at radius 2 is 1.71 bits per heavy atom. The lowest BCUT2D eigenvalue weighted by Gasteiger charge is -2.01. The first-order chi connectivity index (χ1) is 10.2. The molecule has 0 atom stereocenters. The summed E-state index contributed by atoms with van der Waals surface area (Å²) in [5.74, 6) is -0.715. The Labute approximate surface area is 120 Å². The number of rotatable bonds is 4. The molecule has 0 saturated carbocycles. The van der Waals surface area contributed by atoms with Gasteiger partial charge in [-0.15, -0.1) is 0 Å². The van der Waals surface area contributed by atoms with Crippen molar-refractivity contribution in [2.45, 2.75) is 0 Å². The van der Waals surface area contributed by atoms with Crippen LogP contribution in [0.25, 0.3) is 11.1 Å². The van der Waals surface area contributed by atoms with Crippen molar-refractivity contribution in [2.75, 3.05) is 6.54 Å². The fraction of sp³-hybridized carbons (Fsp3) is 0.0625. The molecule has 0 aliphatic heterocycles. The van der Waals surface area contributed by atoms with E-state index in [2.05, 4.69) is 10.3 Å². The summed E-state index contributed by atoms with van der Waals surface area (Å²) in [7, 11) is 0. The van der Waals surface area contributed by atoms with E-state index in [1.165, 1.54) is 0 Å². The maximum Gasteiger partial charge on any atom is 0.307 e. The number of nitrogens with zero attached hydrogens (tertiary/aromatic N) is 1. The van der Waals surface area contributed by atoms with E-state index >= 15 is 0 Å². The van der Waals surface area contributed by atoms with Crippen LogP contribution in [0.5, 0.6) is 0 Å². The highest BCUT2D eigenvalue weighted by Crippen LogP contribution is 2.14. The van der Waals surface area contributed by atoms with Gasteiger partial charge in [0.25, 0.3) is 5.89 Å². The van der Waals surface area contributed by atoms with Crippen molar-refractivity contribution in [1.82, 2.24) is 10.3 Å². The van der Waals surface area contributed by atoms with Crippen LogP contribution in [0.2, 0.25) is 0 Å². The summed E-state index contributed by atoms with van der Waals surface area (Å²) in [4.78, 5) is 27.9. The molecule has 0 unspecified atom stereocenters. The van der Waals surface area contributed by atoms with Crippen molar-refractivity contribution in [3.8, 4) is 0 Å². The summed E-state index contributed by atoms with van der Waals surface area (Å²) in [5, 5.41) is 2.51. The number of carbonyl (C=O) groups excluding carboxylic acids is 2. The van der Waals surface area contributed by atoms with Gasteiger partial charge >= 0.3 is 5.91 Å². The fourth-order valence-corrected chi connectivity index (χ4v) is 1.93. The second-order valence-corrected chi connectivity index (χ2v) is 4.46. The van der Waals surface area contributed by atoms with E-state index in [0.717, 1.165) is 0 Å². The zero-order chi connectivity index (χ0) is 14.7. The average molecular weight is 280 g/mol. The summed E-state index contributed by atoms with van der Waals surface area (Å²) in [6, 6.07) is 15.9. The number of Topliss-reactive ketones (excluding diaryl/α,β-unsaturated/α-hetero) is 1. The Hall–Kier alpha value is -2.95. The molecule has 1 aromatic heterocycles. The van der Waals surface area contributed by atoms with Gasteiger partial charge in [0.1, 0.15) is 5.52 Å². The van der Waals surface area contributed by atoms with E-state index in [1.807, 2.05) is 12.1 Å². The second kappa shape index (κ2) is 5.58. The zero-order valence-electron chi connectivity index (χ0n) is 11.1. The first-order valence-electron chi connectivity index (χ1n) is 6.46. The third-order valence-corrected chi connectivity index (χ3v) is 2.99. The first kappa shape index (κ1) is 13.1. The Kier molecular flexibility index (Phi) is 3.47. The standard InChI is InChI=1S/C16H12N2O3/c19-13(11-6-2-1-3-7-11)10-17-15(20)16-18-12-8-4-5-9-14(12)21-16/h1-9H,10H2,(H,17,20). The van der Waals surface area contributed by atoms with Crippen molar-refractivity contribution in [1.29, 1.82) is 0 Å². The van der Waals surface area contributed by atoms with E-state index in [9.17, 15) is 9.59 Å². The quantitative estimate of drug-likeness (QED) is 0.745. The summed E-state index contributed by atoms with van der Waals surface area (Å²) in [5.41, 5.74) is 1.70. The molecular weight excluding hydrogens is 268 g/mol. The SMILES string of the molecule is O=C(CNC(=O)c1nc2ccccc2o1)c1ccccc1. The molecule has 2 aromatic carbocycles. The molecule has 0 aliphatic rings. The minimum absolute atomic E-state index is 0.0444. The first-order valence-corrected chi connectivity index (χ1v) is 6.46. The molecule has 3 rings (SSSR count). The average Bonchev–Trinajstić information content (AvgIpc) is 2.97. The molecule has 0 radical (unpaired) electrons. The molecule has 0 spiro atoms. The normalized spacial score (nSPS) is 10.5. The minimum atomic E-state index is -0.504. The number of fused-ring (bicyclic) bond motifs is 1. The smallest absolute Gasteiger partial charge is 0.307 e.